The number of hydrogen-bond donors (Lipinski definition) is 2. The van der Waals surface area contributed by atoms with Gasteiger partial charge in [-0.15, -0.1) is 0 Å². The van der Waals surface area contributed by atoms with Crippen molar-refractivity contribution in [1.82, 2.24) is 10.2 Å². The summed E-state index contributed by atoms with van der Waals surface area (Å²) in [6.45, 7) is 1.06. The third-order valence-corrected chi connectivity index (χ3v) is 3.71. The van der Waals surface area contributed by atoms with Crippen LogP contribution in [-0.2, 0) is 11.0 Å². The van der Waals surface area contributed by atoms with E-state index in [1.54, 1.807) is 0 Å². The molecular weight excluding hydrogens is 327 g/mol. The van der Waals surface area contributed by atoms with Crippen molar-refractivity contribution < 1.29 is 27.5 Å². The first-order chi connectivity index (χ1) is 11.3. The normalized spacial score (nSPS) is 17.6. The number of primary amides is 1. The van der Waals surface area contributed by atoms with Gasteiger partial charge >= 0.3 is 12.2 Å². The molecule has 1 saturated heterocycles. The minimum atomic E-state index is -4.38. The summed E-state index contributed by atoms with van der Waals surface area (Å²) in [6, 6.07) is 3.99. The summed E-state index contributed by atoms with van der Waals surface area (Å²) < 4.78 is 42.5. The first-order valence-corrected chi connectivity index (χ1v) is 7.39. The van der Waals surface area contributed by atoms with Gasteiger partial charge in [0.15, 0.2) is 0 Å². The number of hydrogen-bond acceptors (Lipinski definition) is 3. The molecule has 0 aromatic heterocycles. The summed E-state index contributed by atoms with van der Waals surface area (Å²) in [5.41, 5.74) is 4.45. The predicted octanol–water partition coefficient (Wildman–Crippen LogP) is 1.60. The monoisotopic (exact) mass is 345 g/mol. The van der Waals surface area contributed by atoms with Crippen molar-refractivity contribution >= 4 is 11.9 Å². The van der Waals surface area contributed by atoms with Gasteiger partial charge in [0.2, 0.25) is 5.91 Å². The summed E-state index contributed by atoms with van der Waals surface area (Å²) in [7, 11) is 0. The molecule has 6 nitrogen and oxygen atoms in total. The number of benzene rings is 1. The lowest BCUT2D eigenvalue weighted by Gasteiger charge is -2.17. The molecular formula is C15H18F3N3O3. The molecule has 3 amide bonds. The Kier molecular flexibility index (Phi) is 5.53. The van der Waals surface area contributed by atoms with Crippen molar-refractivity contribution in [2.45, 2.75) is 12.6 Å². The lowest BCUT2D eigenvalue weighted by atomic mass is 10.1. The van der Waals surface area contributed by atoms with Crippen LogP contribution in [0, 0.1) is 5.92 Å². The number of rotatable bonds is 5. The number of nitrogens with one attached hydrogen (secondary N) is 1. The molecule has 9 heteroatoms. The molecule has 0 spiro atoms. The van der Waals surface area contributed by atoms with Crippen LogP contribution in [0.25, 0.3) is 0 Å². The molecule has 3 N–H and O–H groups in total. The Labute approximate surface area is 136 Å². The lowest BCUT2D eigenvalue weighted by molar-refractivity contribution is -0.137. The first kappa shape index (κ1) is 17.9. The van der Waals surface area contributed by atoms with Gasteiger partial charge in [-0.3, -0.25) is 4.79 Å². The van der Waals surface area contributed by atoms with Gasteiger partial charge < -0.3 is 20.7 Å². The molecule has 1 heterocycles. The van der Waals surface area contributed by atoms with E-state index in [2.05, 4.69) is 5.32 Å². The Hall–Kier alpha value is -2.45. The fourth-order valence-electron chi connectivity index (χ4n) is 2.36. The molecule has 1 aromatic rings. The van der Waals surface area contributed by atoms with E-state index < -0.39 is 17.6 Å². The Morgan fingerprint density at radius 3 is 2.50 bits per heavy atom. The van der Waals surface area contributed by atoms with E-state index in [1.165, 1.54) is 17.0 Å². The third kappa shape index (κ3) is 4.77. The smallest absolute Gasteiger partial charge is 0.416 e. The number of halogens is 3. The topological polar surface area (TPSA) is 84.7 Å². The van der Waals surface area contributed by atoms with Gasteiger partial charge in [0, 0.05) is 13.1 Å². The van der Waals surface area contributed by atoms with Crippen molar-refractivity contribution in [3.8, 4) is 5.75 Å². The van der Waals surface area contributed by atoms with Gasteiger partial charge in [0.05, 0.1) is 18.0 Å². The summed E-state index contributed by atoms with van der Waals surface area (Å²) in [4.78, 5) is 24.4. The molecule has 0 saturated carbocycles. The van der Waals surface area contributed by atoms with Crippen molar-refractivity contribution in [1.29, 1.82) is 0 Å². The first-order valence-electron chi connectivity index (χ1n) is 7.39. The highest BCUT2D eigenvalue weighted by atomic mass is 19.4. The zero-order valence-electron chi connectivity index (χ0n) is 12.8. The summed E-state index contributed by atoms with van der Waals surface area (Å²) >= 11 is 0. The van der Waals surface area contributed by atoms with Gasteiger partial charge in [-0.2, -0.15) is 13.2 Å². The van der Waals surface area contributed by atoms with Gasteiger partial charge in [0.1, 0.15) is 12.4 Å². The molecule has 1 fully saturated rings. The molecule has 0 aliphatic carbocycles. The molecule has 1 unspecified atom stereocenters. The maximum atomic E-state index is 12.4. The fourth-order valence-corrected chi connectivity index (χ4v) is 2.36. The van der Waals surface area contributed by atoms with Gasteiger partial charge in [0.25, 0.3) is 0 Å². The molecule has 132 valence electrons. The number of ether oxygens (including phenoxy) is 1. The highest BCUT2D eigenvalue weighted by Crippen LogP contribution is 2.30. The molecule has 0 bridgehead atoms. The van der Waals surface area contributed by atoms with Crippen LogP contribution < -0.4 is 15.8 Å². The Morgan fingerprint density at radius 2 is 1.96 bits per heavy atom. The molecule has 2 rings (SSSR count). The standard InChI is InChI=1S/C15H18F3N3O3/c16-15(17,18)11-1-3-12(4-2-11)24-8-6-20-14(23)21-7-5-10(9-21)13(19)22/h1-4,10H,5-9H2,(H2,19,22)(H,20,23). The second-order valence-corrected chi connectivity index (χ2v) is 5.44. The van der Waals surface area contributed by atoms with Crippen LogP contribution in [0.2, 0.25) is 0 Å². The second-order valence-electron chi connectivity index (χ2n) is 5.44. The average molecular weight is 345 g/mol. The molecule has 24 heavy (non-hydrogen) atoms. The van der Waals surface area contributed by atoms with Crippen LogP contribution in [-0.4, -0.2) is 43.1 Å². The van der Waals surface area contributed by atoms with Crippen LogP contribution in [0.3, 0.4) is 0 Å². The third-order valence-electron chi connectivity index (χ3n) is 3.71. The predicted molar refractivity (Wildman–Crippen MR) is 79.2 cm³/mol. The van der Waals surface area contributed by atoms with E-state index in [0.29, 0.717) is 19.5 Å². The van der Waals surface area contributed by atoms with Crippen LogP contribution in [0.15, 0.2) is 24.3 Å². The molecule has 0 radical (unpaired) electrons. The highest BCUT2D eigenvalue weighted by molar-refractivity contribution is 5.80. The number of nitrogens with zero attached hydrogens (tertiary/aromatic N) is 1. The Balaban J connectivity index is 1.69. The van der Waals surface area contributed by atoms with Crippen LogP contribution in [0.4, 0.5) is 18.0 Å². The van der Waals surface area contributed by atoms with Crippen LogP contribution in [0.5, 0.6) is 5.75 Å². The van der Waals surface area contributed by atoms with E-state index in [9.17, 15) is 22.8 Å². The van der Waals surface area contributed by atoms with E-state index in [0.717, 1.165) is 12.1 Å². The Morgan fingerprint density at radius 1 is 1.29 bits per heavy atom. The summed E-state index contributed by atoms with van der Waals surface area (Å²) in [5.74, 6) is -0.456. The Bertz CT molecular complexity index is 590. The SMILES string of the molecule is NC(=O)C1CCN(C(=O)NCCOc2ccc(C(F)(F)F)cc2)C1. The van der Waals surface area contributed by atoms with Gasteiger partial charge in [-0.05, 0) is 30.7 Å². The number of urea groups is 1. The van der Waals surface area contributed by atoms with Gasteiger partial charge in [-0.25, -0.2) is 4.79 Å². The molecule has 1 aliphatic rings. The van der Waals surface area contributed by atoms with E-state index >= 15 is 0 Å². The van der Waals surface area contributed by atoms with E-state index in [-0.39, 0.29) is 30.9 Å². The minimum absolute atomic E-state index is 0.115. The van der Waals surface area contributed by atoms with E-state index in [1.807, 2.05) is 0 Å². The molecule has 1 aromatic carbocycles. The highest BCUT2D eigenvalue weighted by Gasteiger charge is 2.30. The fraction of sp³-hybridized carbons (Fsp3) is 0.467. The largest absolute Gasteiger partial charge is 0.492 e. The minimum Gasteiger partial charge on any atom is -0.492 e. The maximum Gasteiger partial charge on any atom is 0.416 e. The average Bonchev–Trinajstić information content (AvgIpc) is 3.01. The maximum absolute atomic E-state index is 12.4. The van der Waals surface area contributed by atoms with Gasteiger partial charge in [-0.1, -0.05) is 0 Å². The summed E-state index contributed by atoms with van der Waals surface area (Å²) in [6.07, 6.45) is -3.84. The van der Waals surface area contributed by atoms with Crippen molar-refractivity contribution in [2.24, 2.45) is 11.7 Å². The zero-order valence-corrected chi connectivity index (χ0v) is 12.8. The van der Waals surface area contributed by atoms with E-state index in [4.69, 9.17) is 10.5 Å². The number of amides is 3. The molecule has 1 aliphatic heterocycles. The quantitative estimate of drug-likeness (QED) is 0.795. The number of carbonyl (C=O) groups excluding carboxylic acids is 2. The number of carbonyl (C=O) groups is 2. The van der Waals surface area contributed by atoms with Crippen LogP contribution in [0.1, 0.15) is 12.0 Å². The molecule has 1 atom stereocenters. The van der Waals surface area contributed by atoms with Crippen molar-refractivity contribution in [3.63, 3.8) is 0 Å². The van der Waals surface area contributed by atoms with Crippen molar-refractivity contribution in [3.05, 3.63) is 29.8 Å². The zero-order chi connectivity index (χ0) is 17.7. The second kappa shape index (κ2) is 7.41. The van der Waals surface area contributed by atoms with Crippen molar-refractivity contribution in [2.75, 3.05) is 26.2 Å². The lowest BCUT2D eigenvalue weighted by Crippen LogP contribution is -2.41. The summed E-state index contributed by atoms with van der Waals surface area (Å²) in [5, 5.41) is 2.62. The number of likely N-dealkylation sites (tertiary alicyclic amines) is 1. The van der Waals surface area contributed by atoms with Crippen LogP contribution >= 0.6 is 0 Å². The number of alkyl halides is 3. The number of nitrogens with two attached hydrogens (primary N) is 1.